The highest BCUT2D eigenvalue weighted by Crippen LogP contribution is 2.19. The lowest BCUT2D eigenvalue weighted by atomic mass is 10.2. The first-order valence-electron chi connectivity index (χ1n) is 4.68. The van der Waals surface area contributed by atoms with E-state index in [1.807, 2.05) is 5.38 Å². The summed E-state index contributed by atoms with van der Waals surface area (Å²) in [6.07, 6.45) is 5.19. The van der Waals surface area contributed by atoms with Crippen LogP contribution in [0.15, 0.2) is 9.98 Å². The standard InChI is InChI=1S/C9H15BrN2S/c1-2-3-4-5-6-11-9-12-8(10)7-13-9/h7H,2-6H2,1H3,(H,11,12). The second-order valence-electron chi connectivity index (χ2n) is 2.96. The predicted octanol–water partition coefficient (Wildman–Crippen LogP) is 3.90. The number of nitrogens with zero attached hydrogens (tertiary/aromatic N) is 1. The summed E-state index contributed by atoms with van der Waals surface area (Å²) in [4.78, 5) is 4.25. The van der Waals surface area contributed by atoms with Gasteiger partial charge in [0.25, 0.3) is 0 Å². The van der Waals surface area contributed by atoms with Crippen LogP contribution < -0.4 is 5.32 Å². The van der Waals surface area contributed by atoms with E-state index in [9.17, 15) is 0 Å². The minimum atomic E-state index is 0.925. The highest BCUT2D eigenvalue weighted by Gasteiger charge is 1.96. The van der Waals surface area contributed by atoms with E-state index in [0.717, 1.165) is 16.3 Å². The lowest BCUT2D eigenvalue weighted by Gasteiger charge is -2.00. The summed E-state index contributed by atoms with van der Waals surface area (Å²) in [5.74, 6) is 0. The third-order valence-corrected chi connectivity index (χ3v) is 3.29. The van der Waals surface area contributed by atoms with Gasteiger partial charge in [-0.15, -0.1) is 11.3 Å². The van der Waals surface area contributed by atoms with Gasteiger partial charge < -0.3 is 5.32 Å². The Hall–Kier alpha value is -0.0900. The Morgan fingerprint density at radius 2 is 2.31 bits per heavy atom. The van der Waals surface area contributed by atoms with Gasteiger partial charge in [-0.25, -0.2) is 4.98 Å². The van der Waals surface area contributed by atoms with E-state index < -0.39 is 0 Å². The Morgan fingerprint density at radius 3 is 2.92 bits per heavy atom. The average molecular weight is 263 g/mol. The molecule has 0 aliphatic rings. The van der Waals surface area contributed by atoms with Crippen LogP contribution in [0.25, 0.3) is 0 Å². The van der Waals surface area contributed by atoms with E-state index in [1.54, 1.807) is 11.3 Å². The van der Waals surface area contributed by atoms with Crippen LogP contribution in [0.4, 0.5) is 5.13 Å². The maximum Gasteiger partial charge on any atom is 0.183 e. The lowest BCUT2D eigenvalue weighted by Crippen LogP contribution is -2.00. The minimum absolute atomic E-state index is 0.925. The molecular formula is C9H15BrN2S. The largest absolute Gasteiger partial charge is 0.361 e. The maximum absolute atomic E-state index is 4.25. The normalized spacial score (nSPS) is 10.3. The molecule has 1 rings (SSSR count). The number of aromatic nitrogens is 1. The molecule has 0 amide bonds. The minimum Gasteiger partial charge on any atom is -0.361 e. The molecule has 0 fully saturated rings. The molecule has 0 aromatic carbocycles. The fourth-order valence-electron chi connectivity index (χ4n) is 1.08. The smallest absolute Gasteiger partial charge is 0.183 e. The number of hydrogen-bond acceptors (Lipinski definition) is 3. The van der Waals surface area contributed by atoms with Crippen molar-refractivity contribution in [1.82, 2.24) is 4.98 Å². The molecule has 0 saturated carbocycles. The fraction of sp³-hybridized carbons (Fsp3) is 0.667. The van der Waals surface area contributed by atoms with Gasteiger partial charge in [-0.1, -0.05) is 26.2 Å². The Labute approximate surface area is 91.9 Å². The van der Waals surface area contributed by atoms with Gasteiger partial charge in [0, 0.05) is 11.9 Å². The molecule has 0 bridgehead atoms. The van der Waals surface area contributed by atoms with Crippen LogP contribution in [0, 0.1) is 0 Å². The van der Waals surface area contributed by atoms with Crippen LogP contribution in [0.2, 0.25) is 0 Å². The average Bonchev–Trinajstić information content (AvgIpc) is 2.51. The highest BCUT2D eigenvalue weighted by atomic mass is 79.9. The number of thiazole rings is 1. The zero-order valence-electron chi connectivity index (χ0n) is 7.85. The van der Waals surface area contributed by atoms with Gasteiger partial charge in [0.2, 0.25) is 0 Å². The molecule has 1 aromatic rings. The molecule has 0 aliphatic heterocycles. The SMILES string of the molecule is CCCCCCNc1nc(Br)cs1. The number of hydrogen-bond donors (Lipinski definition) is 1. The summed E-state index contributed by atoms with van der Waals surface area (Å²) in [6, 6.07) is 0. The van der Waals surface area contributed by atoms with Gasteiger partial charge in [0.1, 0.15) is 4.60 Å². The van der Waals surface area contributed by atoms with Crippen molar-refractivity contribution in [2.45, 2.75) is 32.6 Å². The number of anilines is 1. The first-order chi connectivity index (χ1) is 6.33. The summed E-state index contributed by atoms with van der Waals surface area (Å²) in [5.41, 5.74) is 0. The van der Waals surface area contributed by atoms with Gasteiger partial charge in [-0.3, -0.25) is 0 Å². The molecule has 0 unspecified atom stereocenters. The summed E-state index contributed by atoms with van der Waals surface area (Å²) in [6.45, 7) is 3.27. The van der Waals surface area contributed by atoms with E-state index in [4.69, 9.17) is 0 Å². The van der Waals surface area contributed by atoms with Crippen molar-refractivity contribution < 1.29 is 0 Å². The highest BCUT2D eigenvalue weighted by molar-refractivity contribution is 9.10. The molecule has 2 nitrogen and oxygen atoms in total. The molecular weight excluding hydrogens is 248 g/mol. The topological polar surface area (TPSA) is 24.9 Å². The quantitative estimate of drug-likeness (QED) is 0.787. The molecule has 1 N–H and O–H groups in total. The zero-order chi connectivity index (χ0) is 9.52. The van der Waals surface area contributed by atoms with Crippen molar-refractivity contribution in [2.75, 3.05) is 11.9 Å². The number of unbranched alkanes of at least 4 members (excludes halogenated alkanes) is 3. The molecule has 0 spiro atoms. The van der Waals surface area contributed by atoms with Gasteiger partial charge in [0.15, 0.2) is 5.13 Å². The lowest BCUT2D eigenvalue weighted by molar-refractivity contribution is 0.685. The van der Waals surface area contributed by atoms with E-state index in [0.29, 0.717) is 0 Å². The van der Waals surface area contributed by atoms with Crippen LogP contribution >= 0.6 is 27.3 Å². The number of halogens is 1. The van der Waals surface area contributed by atoms with Crippen molar-refractivity contribution in [3.63, 3.8) is 0 Å². The first-order valence-corrected chi connectivity index (χ1v) is 6.35. The second kappa shape index (κ2) is 6.38. The molecule has 13 heavy (non-hydrogen) atoms. The van der Waals surface area contributed by atoms with E-state index in [-0.39, 0.29) is 0 Å². The third kappa shape index (κ3) is 4.62. The molecule has 1 aromatic heterocycles. The number of rotatable bonds is 6. The Kier molecular flexibility index (Phi) is 5.39. The van der Waals surface area contributed by atoms with Crippen molar-refractivity contribution in [3.8, 4) is 0 Å². The van der Waals surface area contributed by atoms with E-state index >= 15 is 0 Å². The molecule has 74 valence electrons. The summed E-state index contributed by atoms with van der Waals surface area (Å²) < 4.78 is 0.925. The van der Waals surface area contributed by atoms with Crippen LogP contribution in [-0.2, 0) is 0 Å². The molecule has 0 aliphatic carbocycles. The van der Waals surface area contributed by atoms with Crippen molar-refractivity contribution in [2.24, 2.45) is 0 Å². The van der Waals surface area contributed by atoms with Crippen LogP contribution in [0.3, 0.4) is 0 Å². The molecule has 0 atom stereocenters. The van der Waals surface area contributed by atoms with Crippen molar-refractivity contribution in [3.05, 3.63) is 9.98 Å². The van der Waals surface area contributed by atoms with Gasteiger partial charge in [-0.2, -0.15) is 0 Å². The maximum atomic E-state index is 4.25. The van der Waals surface area contributed by atoms with Gasteiger partial charge in [-0.05, 0) is 22.4 Å². The first kappa shape index (κ1) is 11.0. The van der Waals surface area contributed by atoms with Crippen molar-refractivity contribution in [1.29, 1.82) is 0 Å². The number of nitrogens with one attached hydrogen (secondary N) is 1. The molecule has 0 radical (unpaired) electrons. The van der Waals surface area contributed by atoms with Gasteiger partial charge in [0.05, 0.1) is 0 Å². The van der Waals surface area contributed by atoms with Crippen LogP contribution in [0.1, 0.15) is 32.6 Å². The summed E-state index contributed by atoms with van der Waals surface area (Å²) >= 11 is 4.97. The van der Waals surface area contributed by atoms with Crippen molar-refractivity contribution >= 4 is 32.4 Å². The van der Waals surface area contributed by atoms with Gasteiger partial charge >= 0.3 is 0 Å². The molecule has 1 heterocycles. The monoisotopic (exact) mass is 262 g/mol. The molecule has 4 heteroatoms. The Morgan fingerprint density at radius 1 is 1.46 bits per heavy atom. The molecule has 0 saturated heterocycles. The van der Waals surface area contributed by atoms with E-state index in [1.165, 1.54) is 25.7 Å². The third-order valence-electron chi connectivity index (χ3n) is 1.78. The van der Waals surface area contributed by atoms with Crippen LogP contribution in [-0.4, -0.2) is 11.5 Å². The van der Waals surface area contributed by atoms with Crippen LogP contribution in [0.5, 0.6) is 0 Å². The zero-order valence-corrected chi connectivity index (χ0v) is 10.2. The summed E-state index contributed by atoms with van der Waals surface area (Å²) in [5, 5.41) is 6.31. The Bertz CT molecular complexity index is 237. The summed E-state index contributed by atoms with van der Waals surface area (Å²) in [7, 11) is 0. The Balaban J connectivity index is 2.06. The predicted molar refractivity (Wildman–Crippen MR) is 62.4 cm³/mol. The second-order valence-corrected chi connectivity index (χ2v) is 4.63. The van der Waals surface area contributed by atoms with E-state index in [2.05, 4.69) is 33.2 Å². The fourth-order valence-corrected chi connectivity index (χ4v) is 2.26.